The third-order valence-corrected chi connectivity index (χ3v) is 3.33. The average molecular weight is 324 g/mol. The number of rotatable bonds is 6. The normalized spacial score (nSPS) is 11.6. The summed E-state index contributed by atoms with van der Waals surface area (Å²) in [6, 6.07) is 6.70. The molecule has 0 saturated heterocycles. The van der Waals surface area contributed by atoms with E-state index < -0.39 is 17.4 Å². The van der Waals surface area contributed by atoms with Crippen molar-refractivity contribution in [3.63, 3.8) is 0 Å². The summed E-state index contributed by atoms with van der Waals surface area (Å²) in [7, 11) is 1.43. The van der Waals surface area contributed by atoms with Crippen LogP contribution in [0.15, 0.2) is 34.9 Å². The summed E-state index contributed by atoms with van der Waals surface area (Å²) in [5.74, 6) is -4.12. The molecule has 0 aliphatic heterocycles. The number of nitrogens with zero attached hydrogens (tertiary/aromatic N) is 1. The van der Waals surface area contributed by atoms with Crippen LogP contribution >= 0.6 is 0 Å². The number of ether oxygens (including phenoxy) is 1. The lowest BCUT2D eigenvalue weighted by molar-refractivity contribution is -0.147. The smallest absolute Gasteiger partial charge is 0.349 e. The molecule has 23 heavy (non-hydrogen) atoms. The highest BCUT2D eigenvalue weighted by atomic mass is 19.3. The van der Waals surface area contributed by atoms with Gasteiger partial charge in [0.2, 0.25) is 0 Å². The average Bonchev–Trinajstić information content (AvgIpc) is 3.01. The highest BCUT2D eigenvalue weighted by molar-refractivity contribution is 5.84. The SMILES string of the molecule is COc1ccc(C(F)(F)C(=O)NCc2cc(C(C)C)no2)cc1. The quantitative estimate of drug-likeness (QED) is 0.886. The van der Waals surface area contributed by atoms with Crippen LogP contribution in [0.4, 0.5) is 8.78 Å². The summed E-state index contributed by atoms with van der Waals surface area (Å²) in [6.07, 6.45) is 0. The molecule has 7 heteroatoms. The van der Waals surface area contributed by atoms with Crippen LogP contribution in [0, 0.1) is 0 Å². The van der Waals surface area contributed by atoms with E-state index in [9.17, 15) is 13.6 Å². The molecule has 1 amide bonds. The van der Waals surface area contributed by atoms with Crippen LogP contribution in [0.25, 0.3) is 0 Å². The molecule has 0 radical (unpaired) electrons. The second-order valence-electron chi connectivity index (χ2n) is 5.36. The van der Waals surface area contributed by atoms with Gasteiger partial charge in [-0.25, -0.2) is 0 Å². The van der Waals surface area contributed by atoms with Gasteiger partial charge in [0.15, 0.2) is 5.76 Å². The third-order valence-electron chi connectivity index (χ3n) is 3.33. The van der Waals surface area contributed by atoms with Crippen molar-refractivity contribution in [3.05, 3.63) is 47.3 Å². The third kappa shape index (κ3) is 3.85. The van der Waals surface area contributed by atoms with Gasteiger partial charge in [0.25, 0.3) is 5.91 Å². The summed E-state index contributed by atoms with van der Waals surface area (Å²) in [6.45, 7) is 3.71. The maximum atomic E-state index is 14.1. The second kappa shape index (κ2) is 6.76. The minimum absolute atomic E-state index is 0.149. The van der Waals surface area contributed by atoms with Crippen molar-refractivity contribution >= 4 is 5.91 Å². The lowest BCUT2D eigenvalue weighted by Crippen LogP contribution is -2.37. The largest absolute Gasteiger partial charge is 0.497 e. The van der Waals surface area contributed by atoms with Crippen molar-refractivity contribution in [3.8, 4) is 5.75 Å². The summed E-state index contributed by atoms with van der Waals surface area (Å²) in [4.78, 5) is 11.8. The van der Waals surface area contributed by atoms with E-state index in [0.29, 0.717) is 17.2 Å². The summed E-state index contributed by atoms with van der Waals surface area (Å²) in [5.41, 5.74) is 0.299. The van der Waals surface area contributed by atoms with Crippen LogP contribution in [0.3, 0.4) is 0 Å². The molecule has 5 nitrogen and oxygen atoms in total. The molecule has 0 atom stereocenters. The van der Waals surface area contributed by atoms with Gasteiger partial charge in [0.1, 0.15) is 5.75 Å². The second-order valence-corrected chi connectivity index (χ2v) is 5.36. The zero-order valence-corrected chi connectivity index (χ0v) is 13.1. The van der Waals surface area contributed by atoms with Crippen LogP contribution in [-0.4, -0.2) is 18.2 Å². The van der Waals surface area contributed by atoms with Crippen LogP contribution in [0.5, 0.6) is 5.75 Å². The number of halogens is 2. The van der Waals surface area contributed by atoms with Gasteiger partial charge in [-0.05, 0) is 30.2 Å². The molecule has 1 N–H and O–H groups in total. The number of alkyl halides is 2. The Kier molecular flexibility index (Phi) is 4.98. The van der Waals surface area contributed by atoms with E-state index in [1.807, 2.05) is 13.8 Å². The number of aromatic nitrogens is 1. The maximum absolute atomic E-state index is 14.1. The molecule has 0 unspecified atom stereocenters. The van der Waals surface area contributed by atoms with Gasteiger partial charge >= 0.3 is 5.92 Å². The molecule has 1 heterocycles. The molecule has 124 valence electrons. The van der Waals surface area contributed by atoms with E-state index in [4.69, 9.17) is 9.26 Å². The van der Waals surface area contributed by atoms with Crippen molar-refractivity contribution in [2.24, 2.45) is 0 Å². The molecular weight excluding hydrogens is 306 g/mol. The zero-order valence-electron chi connectivity index (χ0n) is 13.1. The maximum Gasteiger partial charge on any atom is 0.349 e. The first kappa shape index (κ1) is 16.9. The Morgan fingerprint density at radius 3 is 2.52 bits per heavy atom. The van der Waals surface area contributed by atoms with E-state index in [2.05, 4.69) is 10.5 Å². The minimum Gasteiger partial charge on any atom is -0.497 e. The van der Waals surface area contributed by atoms with Gasteiger partial charge < -0.3 is 14.6 Å². The van der Waals surface area contributed by atoms with E-state index in [-0.39, 0.29) is 12.5 Å². The number of carbonyl (C=O) groups excluding carboxylic acids is 1. The number of nitrogens with one attached hydrogen (secondary N) is 1. The van der Waals surface area contributed by atoms with Crippen molar-refractivity contribution in [2.75, 3.05) is 7.11 Å². The Morgan fingerprint density at radius 2 is 2.00 bits per heavy atom. The number of hydrogen-bond acceptors (Lipinski definition) is 4. The summed E-state index contributed by atoms with van der Waals surface area (Å²) >= 11 is 0. The van der Waals surface area contributed by atoms with Crippen molar-refractivity contribution in [1.29, 1.82) is 0 Å². The predicted molar refractivity (Wildman–Crippen MR) is 79.3 cm³/mol. The molecule has 1 aromatic carbocycles. The fourth-order valence-electron chi connectivity index (χ4n) is 1.89. The monoisotopic (exact) mass is 324 g/mol. The molecule has 2 aromatic rings. The first-order valence-electron chi connectivity index (χ1n) is 7.10. The molecule has 2 rings (SSSR count). The van der Waals surface area contributed by atoms with Crippen LogP contribution in [-0.2, 0) is 17.3 Å². The molecule has 0 spiro atoms. The first-order chi connectivity index (χ1) is 10.8. The Morgan fingerprint density at radius 1 is 1.35 bits per heavy atom. The lowest BCUT2D eigenvalue weighted by Gasteiger charge is -2.16. The molecule has 0 aliphatic rings. The minimum atomic E-state index is -3.65. The standard InChI is InChI=1S/C16H18F2N2O3/c1-10(2)14-8-13(23-20-14)9-19-15(21)16(17,18)11-4-6-12(22-3)7-5-11/h4-8,10H,9H2,1-3H3,(H,19,21). The highest BCUT2D eigenvalue weighted by Crippen LogP contribution is 2.29. The fraction of sp³-hybridized carbons (Fsp3) is 0.375. The fourth-order valence-corrected chi connectivity index (χ4v) is 1.89. The Hall–Kier alpha value is -2.44. The van der Waals surface area contributed by atoms with E-state index in [0.717, 1.165) is 12.1 Å². The molecular formula is C16H18F2N2O3. The van der Waals surface area contributed by atoms with Crippen LogP contribution in [0.2, 0.25) is 0 Å². The van der Waals surface area contributed by atoms with Crippen molar-refractivity contribution in [1.82, 2.24) is 10.5 Å². The Bertz CT molecular complexity index is 666. The summed E-state index contributed by atoms with van der Waals surface area (Å²) < 4.78 is 38.1. The van der Waals surface area contributed by atoms with Gasteiger partial charge in [-0.15, -0.1) is 0 Å². The Labute approximate surface area is 132 Å². The first-order valence-corrected chi connectivity index (χ1v) is 7.10. The van der Waals surface area contributed by atoms with Gasteiger partial charge in [-0.1, -0.05) is 19.0 Å². The topological polar surface area (TPSA) is 64.4 Å². The summed E-state index contributed by atoms with van der Waals surface area (Å²) in [5, 5.41) is 5.97. The highest BCUT2D eigenvalue weighted by Gasteiger charge is 2.40. The predicted octanol–water partition coefficient (Wildman–Crippen LogP) is 3.21. The molecule has 0 bridgehead atoms. The number of amides is 1. The van der Waals surface area contributed by atoms with Crippen molar-refractivity contribution in [2.45, 2.75) is 32.2 Å². The zero-order chi connectivity index (χ0) is 17.0. The van der Waals surface area contributed by atoms with E-state index in [1.54, 1.807) is 6.07 Å². The lowest BCUT2D eigenvalue weighted by atomic mass is 10.1. The number of methoxy groups -OCH3 is 1. The number of carbonyl (C=O) groups is 1. The Balaban J connectivity index is 2.02. The van der Waals surface area contributed by atoms with Gasteiger partial charge in [-0.2, -0.15) is 8.78 Å². The van der Waals surface area contributed by atoms with Crippen molar-refractivity contribution < 1.29 is 22.8 Å². The molecule has 0 saturated carbocycles. The van der Waals surface area contributed by atoms with Crippen LogP contribution in [0.1, 0.15) is 36.8 Å². The van der Waals surface area contributed by atoms with E-state index in [1.165, 1.54) is 19.2 Å². The van der Waals surface area contributed by atoms with E-state index >= 15 is 0 Å². The molecule has 1 aromatic heterocycles. The molecule has 0 fully saturated rings. The van der Waals surface area contributed by atoms with Crippen LogP contribution < -0.4 is 10.1 Å². The molecule has 0 aliphatic carbocycles. The number of benzene rings is 1. The number of hydrogen-bond donors (Lipinski definition) is 1. The van der Waals surface area contributed by atoms with Gasteiger partial charge in [0, 0.05) is 11.6 Å². The van der Waals surface area contributed by atoms with Gasteiger partial charge in [-0.3, -0.25) is 4.79 Å². The van der Waals surface area contributed by atoms with Gasteiger partial charge in [0.05, 0.1) is 19.3 Å².